The third kappa shape index (κ3) is 4.43. The van der Waals surface area contributed by atoms with Crippen molar-refractivity contribution < 1.29 is 18.0 Å². The standard InChI is InChI=1S/C21H25N3O4S2/c25-20(16-6-4-10-23(15-16)21(26)19-9-5-13-29-19)22-17-7-3-8-18(14-17)30(27,28)24-11-1-2-12-24/h3,5,7-9,13-14,16H,1-2,4,6,10-12,15H2,(H,22,25)/t16-/m0/s1. The van der Waals surface area contributed by atoms with Crippen LogP contribution < -0.4 is 5.32 Å². The Morgan fingerprint density at radius 1 is 1.03 bits per heavy atom. The number of hydrogen-bond acceptors (Lipinski definition) is 5. The summed E-state index contributed by atoms with van der Waals surface area (Å²) in [5.41, 5.74) is 0.460. The molecule has 0 spiro atoms. The van der Waals surface area contributed by atoms with E-state index in [9.17, 15) is 18.0 Å². The second-order valence-electron chi connectivity index (χ2n) is 7.70. The van der Waals surface area contributed by atoms with Crippen LogP contribution in [0.4, 0.5) is 5.69 Å². The molecular weight excluding hydrogens is 422 g/mol. The van der Waals surface area contributed by atoms with Crippen molar-refractivity contribution in [3.63, 3.8) is 0 Å². The van der Waals surface area contributed by atoms with E-state index in [1.807, 2.05) is 11.4 Å². The van der Waals surface area contributed by atoms with Gasteiger partial charge >= 0.3 is 0 Å². The van der Waals surface area contributed by atoms with Crippen LogP contribution in [-0.2, 0) is 14.8 Å². The number of anilines is 1. The first-order valence-electron chi connectivity index (χ1n) is 10.2. The van der Waals surface area contributed by atoms with Gasteiger partial charge in [0.25, 0.3) is 5.91 Å². The number of nitrogens with one attached hydrogen (secondary N) is 1. The SMILES string of the molecule is O=C(Nc1cccc(S(=O)(=O)N2CCCC2)c1)[C@H]1CCCN(C(=O)c2cccs2)C1. The van der Waals surface area contributed by atoms with Gasteiger partial charge < -0.3 is 10.2 Å². The molecule has 30 heavy (non-hydrogen) atoms. The summed E-state index contributed by atoms with van der Waals surface area (Å²) in [7, 11) is -3.54. The van der Waals surface area contributed by atoms with Crippen LogP contribution >= 0.6 is 11.3 Å². The van der Waals surface area contributed by atoms with E-state index in [2.05, 4.69) is 5.32 Å². The van der Waals surface area contributed by atoms with Gasteiger partial charge in [-0.1, -0.05) is 12.1 Å². The normalized spacial score (nSPS) is 20.3. The number of carbonyl (C=O) groups excluding carboxylic acids is 2. The third-order valence-corrected chi connectivity index (χ3v) is 8.37. The van der Waals surface area contributed by atoms with Crippen molar-refractivity contribution in [2.75, 3.05) is 31.5 Å². The fraction of sp³-hybridized carbons (Fsp3) is 0.429. The first kappa shape index (κ1) is 21.0. The van der Waals surface area contributed by atoms with Gasteiger partial charge in [0.15, 0.2) is 0 Å². The minimum Gasteiger partial charge on any atom is -0.337 e. The number of carbonyl (C=O) groups is 2. The molecule has 0 aliphatic carbocycles. The molecule has 2 aliphatic rings. The molecule has 1 aromatic heterocycles. The lowest BCUT2D eigenvalue weighted by Gasteiger charge is -2.31. The summed E-state index contributed by atoms with van der Waals surface area (Å²) in [6, 6.07) is 10.1. The number of benzene rings is 1. The second kappa shape index (κ2) is 8.87. The lowest BCUT2D eigenvalue weighted by molar-refractivity contribution is -0.121. The molecule has 0 radical (unpaired) electrons. The van der Waals surface area contributed by atoms with Crippen LogP contribution in [0.15, 0.2) is 46.7 Å². The maximum absolute atomic E-state index is 12.8. The number of nitrogens with zero attached hydrogens (tertiary/aromatic N) is 2. The zero-order chi connectivity index (χ0) is 21.1. The quantitative estimate of drug-likeness (QED) is 0.763. The van der Waals surface area contributed by atoms with Crippen LogP contribution in [-0.4, -0.2) is 55.6 Å². The lowest BCUT2D eigenvalue weighted by atomic mass is 9.97. The molecule has 2 amide bonds. The summed E-state index contributed by atoms with van der Waals surface area (Å²) >= 11 is 1.40. The largest absolute Gasteiger partial charge is 0.337 e. The van der Waals surface area contributed by atoms with Crippen molar-refractivity contribution in [1.82, 2.24) is 9.21 Å². The topological polar surface area (TPSA) is 86.8 Å². The predicted molar refractivity (Wildman–Crippen MR) is 116 cm³/mol. The van der Waals surface area contributed by atoms with Crippen LogP contribution in [0.3, 0.4) is 0 Å². The predicted octanol–water partition coefficient (Wildman–Crippen LogP) is 3.02. The van der Waals surface area contributed by atoms with Crippen LogP contribution in [0.5, 0.6) is 0 Å². The molecule has 0 unspecified atom stereocenters. The third-order valence-electron chi connectivity index (χ3n) is 5.62. The highest BCUT2D eigenvalue weighted by Gasteiger charge is 2.30. The monoisotopic (exact) mass is 447 g/mol. The van der Waals surface area contributed by atoms with Gasteiger partial charge in [0, 0.05) is 31.9 Å². The summed E-state index contributed by atoms with van der Waals surface area (Å²) in [6.45, 7) is 2.09. The minimum absolute atomic E-state index is 0.0406. The lowest BCUT2D eigenvalue weighted by Crippen LogP contribution is -2.43. The van der Waals surface area contributed by atoms with E-state index in [-0.39, 0.29) is 22.6 Å². The highest BCUT2D eigenvalue weighted by molar-refractivity contribution is 7.89. The molecule has 2 aliphatic heterocycles. The Morgan fingerprint density at radius 2 is 1.83 bits per heavy atom. The van der Waals surface area contributed by atoms with Crippen LogP contribution in [0.1, 0.15) is 35.4 Å². The molecule has 1 N–H and O–H groups in total. The average Bonchev–Trinajstić information content (AvgIpc) is 3.48. The Bertz CT molecular complexity index is 1010. The first-order chi connectivity index (χ1) is 14.4. The molecule has 2 aromatic rings. The highest BCUT2D eigenvalue weighted by Crippen LogP contribution is 2.25. The Kier molecular flexibility index (Phi) is 6.21. The molecule has 2 saturated heterocycles. The molecule has 3 heterocycles. The maximum Gasteiger partial charge on any atom is 0.263 e. The molecule has 160 valence electrons. The van der Waals surface area contributed by atoms with Crippen molar-refractivity contribution in [2.24, 2.45) is 5.92 Å². The minimum atomic E-state index is -3.54. The van der Waals surface area contributed by atoms with Gasteiger partial charge in [-0.3, -0.25) is 9.59 Å². The number of sulfonamides is 1. The van der Waals surface area contributed by atoms with E-state index >= 15 is 0 Å². The van der Waals surface area contributed by atoms with Crippen molar-refractivity contribution in [3.05, 3.63) is 46.7 Å². The summed E-state index contributed by atoms with van der Waals surface area (Å²) < 4.78 is 27.0. The van der Waals surface area contributed by atoms with E-state index in [4.69, 9.17) is 0 Å². The highest BCUT2D eigenvalue weighted by atomic mass is 32.2. The molecule has 2 fully saturated rings. The van der Waals surface area contributed by atoms with Gasteiger partial charge in [0.05, 0.1) is 15.7 Å². The maximum atomic E-state index is 12.8. The fourth-order valence-electron chi connectivity index (χ4n) is 3.99. The summed E-state index contributed by atoms with van der Waals surface area (Å²) in [5, 5.41) is 4.72. The zero-order valence-electron chi connectivity index (χ0n) is 16.6. The number of piperidine rings is 1. The number of hydrogen-bond donors (Lipinski definition) is 1. The van der Waals surface area contributed by atoms with Crippen molar-refractivity contribution in [3.8, 4) is 0 Å². The molecule has 7 nitrogen and oxygen atoms in total. The Labute approximate surface area is 180 Å². The van der Waals surface area contributed by atoms with Crippen molar-refractivity contribution in [1.29, 1.82) is 0 Å². The zero-order valence-corrected chi connectivity index (χ0v) is 18.3. The van der Waals surface area contributed by atoms with E-state index in [0.29, 0.717) is 43.2 Å². The molecule has 9 heteroatoms. The smallest absolute Gasteiger partial charge is 0.263 e. The van der Waals surface area contributed by atoms with Gasteiger partial charge in [0.1, 0.15) is 0 Å². The Balaban J connectivity index is 1.43. The van der Waals surface area contributed by atoms with E-state index in [1.54, 1.807) is 29.2 Å². The fourth-order valence-corrected chi connectivity index (χ4v) is 6.24. The summed E-state index contributed by atoms with van der Waals surface area (Å²) in [6.07, 6.45) is 3.21. The van der Waals surface area contributed by atoms with Gasteiger partial charge in [-0.15, -0.1) is 11.3 Å². The summed E-state index contributed by atoms with van der Waals surface area (Å²) in [5.74, 6) is -0.544. The number of rotatable bonds is 5. The van der Waals surface area contributed by atoms with Gasteiger partial charge in [-0.2, -0.15) is 4.31 Å². The van der Waals surface area contributed by atoms with Gasteiger partial charge in [0.2, 0.25) is 15.9 Å². The Hall–Kier alpha value is -2.23. The molecule has 0 saturated carbocycles. The van der Waals surface area contributed by atoms with E-state index in [1.165, 1.54) is 21.7 Å². The average molecular weight is 448 g/mol. The van der Waals surface area contributed by atoms with Gasteiger partial charge in [-0.05, 0) is 55.3 Å². The van der Waals surface area contributed by atoms with E-state index < -0.39 is 10.0 Å². The van der Waals surface area contributed by atoms with Crippen LogP contribution in [0, 0.1) is 5.92 Å². The number of likely N-dealkylation sites (tertiary alicyclic amines) is 1. The molecule has 4 rings (SSSR count). The van der Waals surface area contributed by atoms with E-state index in [0.717, 1.165) is 19.3 Å². The first-order valence-corrected chi connectivity index (χ1v) is 12.5. The van der Waals surface area contributed by atoms with Crippen LogP contribution in [0.2, 0.25) is 0 Å². The Morgan fingerprint density at radius 3 is 2.57 bits per heavy atom. The number of amides is 2. The molecular formula is C21H25N3O4S2. The molecule has 1 atom stereocenters. The number of thiophene rings is 1. The van der Waals surface area contributed by atoms with Crippen molar-refractivity contribution in [2.45, 2.75) is 30.6 Å². The molecule has 0 bridgehead atoms. The van der Waals surface area contributed by atoms with Crippen molar-refractivity contribution >= 4 is 38.9 Å². The molecule has 1 aromatic carbocycles. The van der Waals surface area contributed by atoms with Crippen LogP contribution in [0.25, 0.3) is 0 Å². The van der Waals surface area contributed by atoms with Gasteiger partial charge in [-0.25, -0.2) is 8.42 Å². The second-order valence-corrected chi connectivity index (χ2v) is 10.6. The summed E-state index contributed by atoms with van der Waals surface area (Å²) in [4.78, 5) is 28.0.